The van der Waals surface area contributed by atoms with Crippen molar-refractivity contribution in [2.45, 2.75) is 70.4 Å². The highest BCUT2D eigenvalue weighted by atomic mass is 16.5. The van der Waals surface area contributed by atoms with Gasteiger partial charge >= 0.3 is 5.97 Å². The Balaban J connectivity index is 1.54. The van der Waals surface area contributed by atoms with Crippen LogP contribution in [0.2, 0.25) is 0 Å². The number of amides is 2. The minimum absolute atomic E-state index is 0.0140. The van der Waals surface area contributed by atoms with Crippen molar-refractivity contribution in [1.29, 1.82) is 0 Å². The molecule has 11 nitrogen and oxygen atoms in total. The number of carbonyl (C=O) groups excluding carboxylic acids is 3. The van der Waals surface area contributed by atoms with Crippen molar-refractivity contribution in [2.24, 2.45) is 5.92 Å². The first kappa shape index (κ1) is 29.4. The summed E-state index contributed by atoms with van der Waals surface area (Å²) >= 11 is 0. The number of nitrogens with zero attached hydrogens (tertiary/aromatic N) is 5. The van der Waals surface area contributed by atoms with E-state index in [4.69, 9.17) is 9.84 Å². The summed E-state index contributed by atoms with van der Waals surface area (Å²) in [5.74, 6) is -1.21. The molecule has 2 amide bonds. The van der Waals surface area contributed by atoms with E-state index in [1.54, 1.807) is 26.7 Å². The molecule has 0 spiro atoms. The fourth-order valence-corrected chi connectivity index (χ4v) is 5.37. The number of esters is 1. The largest absolute Gasteiger partial charge is 0.469 e. The van der Waals surface area contributed by atoms with Gasteiger partial charge in [0.05, 0.1) is 18.5 Å². The molecule has 0 aliphatic carbocycles. The molecule has 2 aromatic rings. The number of benzene rings is 1. The Morgan fingerprint density at radius 3 is 2.80 bits per heavy atom. The van der Waals surface area contributed by atoms with Crippen molar-refractivity contribution in [1.82, 2.24) is 15.0 Å². The molecule has 1 aromatic carbocycles. The van der Waals surface area contributed by atoms with Gasteiger partial charge in [0.1, 0.15) is 0 Å². The van der Waals surface area contributed by atoms with Gasteiger partial charge in [-0.2, -0.15) is 0 Å². The maximum atomic E-state index is 13.8. The lowest BCUT2D eigenvalue weighted by Crippen LogP contribution is -2.44. The first-order valence-electron chi connectivity index (χ1n) is 14.0. The van der Waals surface area contributed by atoms with Crippen LogP contribution >= 0.6 is 0 Å². The third kappa shape index (κ3) is 6.26. The molecule has 1 saturated heterocycles. The molecule has 40 heavy (non-hydrogen) atoms. The van der Waals surface area contributed by atoms with Crippen LogP contribution in [0, 0.1) is 5.92 Å². The summed E-state index contributed by atoms with van der Waals surface area (Å²) < 4.78 is 6.41. The molecule has 2 atom stereocenters. The number of fused-ring (bicyclic) bond motifs is 1. The molecule has 1 aromatic heterocycles. The van der Waals surface area contributed by atoms with E-state index < -0.39 is 17.4 Å². The summed E-state index contributed by atoms with van der Waals surface area (Å²) in [4.78, 5) is 41.3. The maximum absolute atomic E-state index is 13.8. The van der Waals surface area contributed by atoms with Crippen LogP contribution in [0.15, 0.2) is 36.5 Å². The highest BCUT2D eigenvalue weighted by molar-refractivity contribution is 6.08. The number of methoxy groups -OCH3 is 1. The van der Waals surface area contributed by atoms with Crippen LogP contribution in [0.25, 0.3) is 0 Å². The van der Waals surface area contributed by atoms with E-state index >= 15 is 0 Å². The van der Waals surface area contributed by atoms with Crippen molar-refractivity contribution in [3.63, 3.8) is 0 Å². The van der Waals surface area contributed by atoms with Gasteiger partial charge in [0.25, 0.3) is 5.91 Å². The number of aliphatic hydroxyl groups excluding tert-OH is 1. The fourth-order valence-electron chi connectivity index (χ4n) is 5.37. The Labute approximate surface area is 234 Å². The summed E-state index contributed by atoms with van der Waals surface area (Å²) in [5, 5.41) is 29.2. The number of ether oxygens (including phenoxy) is 1. The lowest BCUT2D eigenvalue weighted by molar-refractivity contribution is -0.140. The Morgan fingerprint density at radius 1 is 1.23 bits per heavy atom. The van der Waals surface area contributed by atoms with E-state index in [1.165, 1.54) is 7.11 Å². The molecule has 2 aliphatic rings. The highest BCUT2D eigenvalue weighted by Gasteiger charge is 2.52. The molecule has 4 rings (SSSR count). The van der Waals surface area contributed by atoms with Gasteiger partial charge < -0.3 is 24.7 Å². The third-order valence-corrected chi connectivity index (χ3v) is 7.69. The van der Waals surface area contributed by atoms with Crippen LogP contribution in [0.4, 0.5) is 11.4 Å². The highest BCUT2D eigenvalue weighted by Crippen LogP contribution is 2.47. The number of allylic oxidation sites excluding steroid dienone is 1. The number of aryl methyl sites for hydroxylation is 1. The molecule has 2 N–H and O–H groups in total. The van der Waals surface area contributed by atoms with E-state index in [2.05, 4.69) is 10.3 Å². The van der Waals surface area contributed by atoms with E-state index in [-0.39, 0.29) is 24.9 Å². The van der Waals surface area contributed by atoms with Crippen molar-refractivity contribution in [2.75, 3.05) is 36.6 Å². The molecular weight excluding hydrogens is 514 g/mol. The van der Waals surface area contributed by atoms with E-state index in [0.717, 1.165) is 18.5 Å². The molecule has 2 aliphatic heterocycles. The molecular formula is C29H39N5O6. The second-order valence-corrected chi connectivity index (χ2v) is 10.4. The van der Waals surface area contributed by atoms with E-state index in [1.807, 2.05) is 31.2 Å². The molecule has 0 radical (unpaired) electrons. The fraction of sp³-hybridized carbons (Fsp3) is 0.552. The first-order valence-corrected chi connectivity index (χ1v) is 14.0. The standard InChI is InChI=1S/C29H39N5O6/c1-21(9-3-6-15-32-20-22(14-18-35)30-31-32)29(39)24-19-23(33-16-7-4-10-26(33)36)12-13-25(24)34(28(29)38)17-8-5-11-27(37)40-2/h3,9,12-13,19-21,35,39H,4-8,10-11,14-18H2,1-2H3/b9-3+/t21-,29+/m0/s1. The number of hydrogen-bond donors (Lipinski definition) is 2. The van der Waals surface area contributed by atoms with Crippen LogP contribution in [-0.2, 0) is 37.7 Å². The summed E-state index contributed by atoms with van der Waals surface area (Å²) in [6.07, 6.45) is 10.3. The monoisotopic (exact) mass is 553 g/mol. The predicted octanol–water partition coefficient (Wildman–Crippen LogP) is 2.49. The van der Waals surface area contributed by atoms with E-state index in [0.29, 0.717) is 68.7 Å². The lowest BCUT2D eigenvalue weighted by atomic mass is 9.82. The van der Waals surface area contributed by atoms with Gasteiger partial charge in [-0.3, -0.25) is 19.1 Å². The number of aliphatic hydroxyl groups is 2. The Hall–Kier alpha value is -3.57. The molecule has 216 valence electrons. The van der Waals surface area contributed by atoms with Gasteiger partial charge in [-0.15, -0.1) is 5.10 Å². The quantitative estimate of drug-likeness (QED) is 0.219. The number of anilines is 2. The summed E-state index contributed by atoms with van der Waals surface area (Å²) in [7, 11) is 1.35. The third-order valence-electron chi connectivity index (χ3n) is 7.69. The van der Waals surface area contributed by atoms with Crippen LogP contribution in [0.5, 0.6) is 0 Å². The van der Waals surface area contributed by atoms with Crippen LogP contribution in [0.3, 0.4) is 0 Å². The van der Waals surface area contributed by atoms with Gasteiger partial charge in [-0.05, 0) is 50.3 Å². The average Bonchev–Trinajstić information content (AvgIpc) is 3.49. The number of unbranched alkanes of at least 4 members (excludes halogenated alkanes) is 1. The second-order valence-electron chi connectivity index (χ2n) is 10.4. The molecule has 0 bridgehead atoms. The summed E-state index contributed by atoms with van der Waals surface area (Å²) in [6, 6.07) is 5.44. The van der Waals surface area contributed by atoms with Crippen molar-refractivity contribution < 1.29 is 29.3 Å². The number of carbonyl (C=O) groups is 3. The number of piperidine rings is 1. The maximum Gasteiger partial charge on any atom is 0.305 e. The Morgan fingerprint density at radius 2 is 2.05 bits per heavy atom. The van der Waals surface area contributed by atoms with Gasteiger partial charge in [-0.1, -0.05) is 24.3 Å². The van der Waals surface area contributed by atoms with E-state index in [9.17, 15) is 19.5 Å². The minimum Gasteiger partial charge on any atom is -0.469 e. The molecule has 1 fully saturated rings. The Bertz CT molecular complexity index is 1240. The van der Waals surface area contributed by atoms with Crippen LogP contribution in [-0.4, -0.2) is 69.8 Å². The van der Waals surface area contributed by atoms with Crippen LogP contribution < -0.4 is 9.80 Å². The molecule has 11 heteroatoms. The smallest absolute Gasteiger partial charge is 0.305 e. The predicted molar refractivity (Wildman–Crippen MR) is 148 cm³/mol. The zero-order valence-corrected chi connectivity index (χ0v) is 23.3. The van der Waals surface area contributed by atoms with Gasteiger partial charge in [0, 0.05) is 68.9 Å². The number of rotatable bonds is 13. The topological polar surface area (TPSA) is 138 Å². The minimum atomic E-state index is -1.80. The molecule has 3 heterocycles. The Kier molecular flexibility index (Phi) is 9.70. The van der Waals surface area contributed by atoms with Crippen molar-refractivity contribution in [3.05, 3.63) is 47.8 Å². The molecule has 0 unspecified atom stereocenters. The first-order chi connectivity index (χ1) is 19.3. The normalized spacial score (nSPS) is 19.9. The zero-order chi connectivity index (χ0) is 28.7. The van der Waals surface area contributed by atoms with Gasteiger partial charge in [0.2, 0.25) is 5.91 Å². The number of hydrogen-bond acceptors (Lipinski definition) is 8. The van der Waals surface area contributed by atoms with Crippen molar-refractivity contribution in [3.8, 4) is 0 Å². The lowest BCUT2D eigenvalue weighted by Gasteiger charge is -2.30. The SMILES string of the molecule is COC(=O)CCCCN1C(=O)[C@@](O)([C@@H](C)/C=C/CCn2cc(CCO)nn2)c2cc(N3CCCCC3=O)ccc21. The second kappa shape index (κ2) is 13.2. The van der Waals surface area contributed by atoms with Crippen molar-refractivity contribution >= 4 is 29.2 Å². The van der Waals surface area contributed by atoms with Crippen LogP contribution in [0.1, 0.15) is 63.1 Å². The van der Waals surface area contributed by atoms with Gasteiger partial charge in [-0.25, -0.2) is 0 Å². The summed E-state index contributed by atoms with van der Waals surface area (Å²) in [6.45, 7) is 3.36. The van der Waals surface area contributed by atoms with Gasteiger partial charge in [0.15, 0.2) is 5.60 Å². The average molecular weight is 554 g/mol. The summed E-state index contributed by atoms with van der Waals surface area (Å²) in [5.41, 5.74) is 0.714. The number of aromatic nitrogens is 3. The zero-order valence-electron chi connectivity index (χ0n) is 23.3. The molecule has 0 saturated carbocycles.